The first-order chi connectivity index (χ1) is 12.5. The van der Waals surface area contributed by atoms with Crippen molar-refractivity contribution in [3.63, 3.8) is 0 Å². The molecule has 0 aromatic heterocycles. The van der Waals surface area contributed by atoms with Crippen LogP contribution in [0.2, 0.25) is 13.1 Å². The molecule has 0 spiro atoms. The summed E-state index contributed by atoms with van der Waals surface area (Å²) in [7, 11) is -2.23. The highest BCUT2D eigenvalue weighted by Gasteiger charge is 2.26. The molecule has 0 atom stereocenters. The topological polar surface area (TPSA) is 18.5 Å². The minimum atomic E-state index is -2.23. The van der Waals surface area contributed by atoms with Crippen LogP contribution in [0.25, 0.3) is 0 Å². The van der Waals surface area contributed by atoms with Crippen LogP contribution in [0.15, 0.2) is 24.3 Å². The minimum absolute atomic E-state index is 0.270. The van der Waals surface area contributed by atoms with E-state index in [1.165, 1.54) is 82.8 Å². The summed E-state index contributed by atoms with van der Waals surface area (Å²) in [5, 5.41) is 0. The molecule has 0 aliphatic carbocycles. The molecule has 0 aliphatic heterocycles. The predicted octanol–water partition coefficient (Wildman–Crippen LogP) is 7.62. The van der Waals surface area contributed by atoms with Crippen molar-refractivity contribution in [1.29, 1.82) is 0 Å². The number of benzene rings is 1. The van der Waals surface area contributed by atoms with Gasteiger partial charge in [-0.2, -0.15) is 0 Å². The summed E-state index contributed by atoms with van der Waals surface area (Å²) in [4.78, 5) is 0. The fourth-order valence-corrected chi connectivity index (χ4v) is 4.49. The van der Waals surface area contributed by atoms with Crippen molar-refractivity contribution < 1.29 is 13.2 Å². The highest BCUT2D eigenvalue weighted by atomic mass is 28.4. The van der Waals surface area contributed by atoms with E-state index in [-0.39, 0.29) is 5.82 Å². The van der Waals surface area contributed by atoms with Gasteiger partial charge in [-0.25, -0.2) is 4.39 Å². The molecule has 150 valence electrons. The third-order valence-electron chi connectivity index (χ3n) is 4.61. The molecule has 1 aromatic carbocycles. The number of unbranched alkanes of at least 4 members (excludes halogenated alkanes) is 11. The van der Waals surface area contributed by atoms with Crippen molar-refractivity contribution >= 4 is 8.56 Å². The fraction of sp³-hybridized carbons (Fsp3) is 0.727. The summed E-state index contributed by atoms with van der Waals surface area (Å²) in [6, 6.07) is 6.29. The molecule has 0 unspecified atom stereocenters. The molecule has 0 fully saturated rings. The minimum Gasteiger partial charge on any atom is -0.520 e. The Labute approximate surface area is 161 Å². The number of halogens is 1. The molecule has 0 saturated carbocycles. The van der Waals surface area contributed by atoms with Crippen molar-refractivity contribution in [1.82, 2.24) is 0 Å². The third kappa shape index (κ3) is 12.5. The second kappa shape index (κ2) is 14.2. The van der Waals surface area contributed by atoms with Gasteiger partial charge in [0.2, 0.25) is 0 Å². The molecule has 0 N–H and O–H groups in total. The Kier molecular flexibility index (Phi) is 12.7. The average molecular weight is 383 g/mol. The quantitative estimate of drug-likeness (QED) is 0.216. The maximum Gasteiger partial charge on any atom is 0.392 e. The standard InChI is InChI=1S/C22H39FO2Si/c1-4-5-6-7-8-9-10-11-12-13-14-15-19-24-26(2,3)25-22-18-16-17-21(23)20-22/h16-18,20H,4-15,19H2,1-3H3. The molecule has 0 amide bonds. The van der Waals surface area contributed by atoms with Gasteiger partial charge in [-0.1, -0.05) is 83.6 Å². The Balaban J connectivity index is 1.94. The molecule has 4 heteroatoms. The van der Waals surface area contributed by atoms with E-state index in [0.29, 0.717) is 5.75 Å². The van der Waals surface area contributed by atoms with Gasteiger partial charge in [0.15, 0.2) is 0 Å². The number of rotatable bonds is 16. The van der Waals surface area contributed by atoms with E-state index in [9.17, 15) is 4.39 Å². The van der Waals surface area contributed by atoms with E-state index in [2.05, 4.69) is 6.92 Å². The molecule has 0 bridgehead atoms. The number of hydrogen-bond donors (Lipinski definition) is 0. The monoisotopic (exact) mass is 382 g/mol. The van der Waals surface area contributed by atoms with Gasteiger partial charge in [0.25, 0.3) is 0 Å². The molecule has 2 nitrogen and oxygen atoms in total. The lowest BCUT2D eigenvalue weighted by atomic mass is 10.1. The van der Waals surface area contributed by atoms with Crippen LogP contribution in [0, 0.1) is 5.82 Å². The molecule has 1 rings (SSSR count). The molecule has 0 saturated heterocycles. The zero-order chi connectivity index (χ0) is 19.1. The van der Waals surface area contributed by atoms with Crippen LogP contribution in [0.5, 0.6) is 5.75 Å². The SMILES string of the molecule is CCCCCCCCCCCCCCO[Si](C)(C)Oc1cccc(F)c1. The smallest absolute Gasteiger partial charge is 0.392 e. The van der Waals surface area contributed by atoms with Gasteiger partial charge in [-0.3, -0.25) is 0 Å². The van der Waals surface area contributed by atoms with Crippen molar-refractivity contribution in [2.45, 2.75) is 97.1 Å². The second-order valence-electron chi connectivity index (χ2n) is 7.70. The average Bonchev–Trinajstić information content (AvgIpc) is 2.58. The highest BCUT2D eigenvalue weighted by Crippen LogP contribution is 2.18. The van der Waals surface area contributed by atoms with Gasteiger partial charge >= 0.3 is 8.56 Å². The Bertz CT molecular complexity index is 465. The van der Waals surface area contributed by atoms with Gasteiger partial charge in [-0.05, 0) is 31.6 Å². The molecule has 0 radical (unpaired) electrons. The van der Waals surface area contributed by atoms with Crippen LogP contribution in [0.1, 0.15) is 84.0 Å². The van der Waals surface area contributed by atoms with E-state index in [1.807, 2.05) is 13.1 Å². The van der Waals surface area contributed by atoms with Crippen LogP contribution in [0.3, 0.4) is 0 Å². The number of hydrogen-bond acceptors (Lipinski definition) is 2. The summed E-state index contributed by atoms with van der Waals surface area (Å²) < 4.78 is 25.0. The lowest BCUT2D eigenvalue weighted by molar-refractivity contribution is 0.240. The summed E-state index contributed by atoms with van der Waals surface area (Å²) in [6.07, 6.45) is 16.1. The molecule has 1 aromatic rings. The van der Waals surface area contributed by atoms with Crippen LogP contribution in [-0.2, 0) is 4.43 Å². The first kappa shape index (κ1) is 23.2. The molecule has 0 aliphatic rings. The zero-order valence-electron chi connectivity index (χ0n) is 17.2. The van der Waals surface area contributed by atoms with E-state index in [0.717, 1.165) is 13.0 Å². The Morgan fingerprint density at radius 1 is 0.808 bits per heavy atom. The normalized spacial score (nSPS) is 11.7. The van der Waals surface area contributed by atoms with Crippen molar-refractivity contribution in [3.8, 4) is 5.75 Å². The van der Waals surface area contributed by atoms with E-state index in [4.69, 9.17) is 8.85 Å². The van der Waals surface area contributed by atoms with E-state index < -0.39 is 8.56 Å². The fourth-order valence-electron chi connectivity index (χ4n) is 3.10. The zero-order valence-corrected chi connectivity index (χ0v) is 18.2. The Morgan fingerprint density at radius 2 is 1.35 bits per heavy atom. The highest BCUT2D eigenvalue weighted by molar-refractivity contribution is 6.65. The third-order valence-corrected chi connectivity index (χ3v) is 6.23. The first-order valence-electron chi connectivity index (χ1n) is 10.6. The molecule has 26 heavy (non-hydrogen) atoms. The lowest BCUT2D eigenvalue weighted by Crippen LogP contribution is -2.38. The maximum atomic E-state index is 13.2. The largest absolute Gasteiger partial charge is 0.520 e. The van der Waals surface area contributed by atoms with E-state index >= 15 is 0 Å². The van der Waals surface area contributed by atoms with Gasteiger partial charge in [0.1, 0.15) is 11.6 Å². The maximum absolute atomic E-state index is 13.2. The van der Waals surface area contributed by atoms with Crippen LogP contribution in [-0.4, -0.2) is 15.2 Å². The van der Waals surface area contributed by atoms with Crippen molar-refractivity contribution in [2.24, 2.45) is 0 Å². The van der Waals surface area contributed by atoms with Crippen LogP contribution in [0.4, 0.5) is 4.39 Å². The second-order valence-corrected chi connectivity index (χ2v) is 11.0. The van der Waals surface area contributed by atoms with E-state index in [1.54, 1.807) is 12.1 Å². The summed E-state index contributed by atoms with van der Waals surface area (Å²) >= 11 is 0. The summed E-state index contributed by atoms with van der Waals surface area (Å²) in [5.41, 5.74) is 0. The van der Waals surface area contributed by atoms with Crippen molar-refractivity contribution in [3.05, 3.63) is 30.1 Å². The Morgan fingerprint density at radius 3 is 1.88 bits per heavy atom. The summed E-state index contributed by atoms with van der Waals surface area (Å²) in [5.74, 6) is 0.296. The van der Waals surface area contributed by atoms with Gasteiger partial charge in [-0.15, -0.1) is 0 Å². The first-order valence-corrected chi connectivity index (χ1v) is 13.4. The molecular formula is C22H39FO2Si. The molecular weight excluding hydrogens is 343 g/mol. The predicted molar refractivity (Wildman–Crippen MR) is 112 cm³/mol. The van der Waals surface area contributed by atoms with Crippen LogP contribution >= 0.6 is 0 Å². The van der Waals surface area contributed by atoms with Gasteiger partial charge in [0.05, 0.1) is 0 Å². The Hall–Kier alpha value is -0.873. The van der Waals surface area contributed by atoms with Crippen LogP contribution < -0.4 is 4.43 Å². The lowest BCUT2D eigenvalue weighted by Gasteiger charge is -2.23. The van der Waals surface area contributed by atoms with Gasteiger partial charge in [0, 0.05) is 12.7 Å². The van der Waals surface area contributed by atoms with Crippen molar-refractivity contribution in [2.75, 3.05) is 6.61 Å². The molecule has 0 heterocycles. The van der Waals surface area contributed by atoms with Gasteiger partial charge < -0.3 is 8.85 Å². The summed E-state index contributed by atoms with van der Waals surface area (Å²) in [6.45, 7) is 7.04.